The third-order valence-corrected chi connectivity index (χ3v) is 6.76. The Bertz CT molecular complexity index is 1120. The van der Waals surface area contributed by atoms with E-state index in [0.717, 1.165) is 41.0 Å². The van der Waals surface area contributed by atoms with Crippen LogP contribution in [0.4, 0.5) is 8.78 Å². The lowest BCUT2D eigenvalue weighted by Gasteiger charge is -2.38. The van der Waals surface area contributed by atoms with Crippen molar-refractivity contribution in [2.45, 2.75) is 39.4 Å². The van der Waals surface area contributed by atoms with Crippen LogP contribution >= 0.6 is 0 Å². The number of carboxylic acid groups (broad SMARTS) is 1. The zero-order chi connectivity index (χ0) is 25.7. The molecule has 4 rings (SSSR count). The van der Waals surface area contributed by atoms with E-state index in [1.54, 1.807) is 6.07 Å². The number of ether oxygens (including phenoxy) is 3. The van der Waals surface area contributed by atoms with Crippen LogP contribution in [0.15, 0.2) is 42.0 Å². The average Bonchev–Trinajstić information content (AvgIpc) is 2.87. The summed E-state index contributed by atoms with van der Waals surface area (Å²) in [5, 5.41) is 9.56. The molecular weight excluding hydrogens is 468 g/mol. The second kappa shape index (κ2) is 11.3. The predicted molar refractivity (Wildman–Crippen MR) is 133 cm³/mol. The Labute approximate surface area is 210 Å². The first-order valence-corrected chi connectivity index (χ1v) is 12.2. The van der Waals surface area contributed by atoms with Gasteiger partial charge in [-0.25, -0.2) is 8.78 Å². The van der Waals surface area contributed by atoms with Gasteiger partial charge in [0.1, 0.15) is 43.8 Å². The number of piperidine rings is 1. The van der Waals surface area contributed by atoms with Crippen molar-refractivity contribution >= 4 is 12.0 Å². The van der Waals surface area contributed by atoms with E-state index in [-0.39, 0.29) is 0 Å². The highest BCUT2D eigenvalue weighted by Crippen LogP contribution is 2.33. The standard InChI is InChI=1S/C28H33F2NO5/c1-19-10-20(4-7-25(19)36-24(13-29)14-30)16-34-23-6-5-22-11-21(17-35-26(22)12-23)15-31-9-3-8-28(2,18-31)27(32)33/h4-7,10-12,24H,3,8-9,13-18H2,1-2H3,(H,32,33). The van der Waals surface area contributed by atoms with Crippen LogP contribution in [-0.4, -0.2) is 61.7 Å². The summed E-state index contributed by atoms with van der Waals surface area (Å²) in [6, 6.07) is 11.1. The zero-order valence-electron chi connectivity index (χ0n) is 20.8. The van der Waals surface area contributed by atoms with Crippen LogP contribution in [0.5, 0.6) is 17.2 Å². The number of nitrogens with zero attached hydrogens (tertiary/aromatic N) is 1. The molecule has 0 saturated carbocycles. The number of aryl methyl sites for hydroxylation is 1. The minimum absolute atomic E-state index is 0.327. The number of alkyl halides is 2. The van der Waals surface area contributed by atoms with Crippen LogP contribution in [0.25, 0.3) is 6.08 Å². The van der Waals surface area contributed by atoms with Gasteiger partial charge in [-0.1, -0.05) is 6.07 Å². The van der Waals surface area contributed by atoms with E-state index in [4.69, 9.17) is 14.2 Å². The van der Waals surface area contributed by atoms with E-state index in [9.17, 15) is 18.7 Å². The fourth-order valence-electron chi connectivity index (χ4n) is 4.70. The van der Waals surface area contributed by atoms with Crippen molar-refractivity contribution in [2.75, 3.05) is 39.6 Å². The van der Waals surface area contributed by atoms with E-state index in [2.05, 4.69) is 11.0 Å². The van der Waals surface area contributed by atoms with Crippen molar-refractivity contribution in [3.63, 3.8) is 0 Å². The average molecular weight is 502 g/mol. The number of halogens is 2. The van der Waals surface area contributed by atoms with Gasteiger partial charge in [-0.15, -0.1) is 0 Å². The quantitative estimate of drug-likeness (QED) is 0.481. The van der Waals surface area contributed by atoms with Crippen molar-refractivity contribution in [3.8, 4) is 17.2 Å². The molecule has 1 unspecified atom stereocenters. The SMILES string of the molecule is Cc1cc(COc2ccc3c(c2)OCC(CN2CCCC(C)(C(=O)O)C2)=C3)ccc1OC(CF)CF. The molecule has 0 aromatic heterocycles. The number of carbonyl (C=O) groups is 1. The van der Waals surface area contributed by atoms with Crippen molar-refractivity contribution < 1.29 is 32.9 Å². The molecule has 0 spiro atoms. The molecule has 2 aliphatic rings. The topological polar surface area (TPSA) is 68.2 Å². The van der Waals surface area contributed by atoms with Crippen LogP contribution < -0.4 is 14.2 Å². The Kier molecular flexibility index (Phi) is 8.14. The molecule has 6 nitrogen and oxygen atoms in total. The van der Waals surface area contributed by atoms with Gasteiger partial charge >= 0.3 is 5.97 Å². The van der Waals surface area contributed by atoms with Crippen molar-refractivity contribution in [3.05, 3.63) is 58.7 Å². The summed E-state index contributed by atoms with van der Waals surface area (Å²) >= 11 is 0. The van der Waals surface area contributed by atoms with Gasteiger partial charge in [-0.05, 0) is 80.3 Å². The number of fused-ring (bicyclic) bond motifs is 1. The largest absolute Gasteiger partial charge is 0.489 e. The lowest BCUT2D eigenvalue weighted by atomic mass is 9.82. The van der Waals surface area contributed by atoms with Gasteiger partial charge in [-0.2, -0.15) is 0 Å². The number of hydrogen-bond acceptors (Lipinski definition) is 5. The number of rotatable bonds is 10. The fraction of sp³-hybridized carbons (Fsp3) is 0.464. The lowest BCUT2D eigenvalue weighted by molar-refractivity contribution is -0.151. The molecule has 194 valence electrons. The van der Waals surface area contributed by atoms with Gasteiger partial charge < -0.3 is 19.3 Å². The molecular formula is C28H33F2NO5. The van der Waals surface area contributed by atoms with E-state index >= 15 is 0 Å². The normalized spacial score (nSPS) is 19.9. The Morgan fingerprint density at radius 2 is 2.03 bits per heavy atom. The Hall–Kier alpha value is -3.13. The molecule has 2 aromatic rings. The maximum atomic E-state index is 12.7. The Balaban J connectivity index is 1.35. The molecule has 0 bridgehead atoms. The second-order valence-corrected chi connectivity index (χ2v) is 9.91. The molecule has 2 heterocycles. The van der Waals surface area contributed by atoms with Crippen molar-refractivity contribution in [1.29, 1.82) is 0 Å². The first-order valence-electron chi connectivity index (χ1n) is 12.2. The van der Waals surface area contributed by atoms with Crippen LogP contribution in [0.1, 0.15) is 36.5 Å². The number of likely N-dealkylation sites (tertiary alicyclic amines) is 1. The molecule has 0 radical (unpaired) electrons. The maximum absolute atomic E-state index is 12.7. The van der Waals surface area contributed by atoms with Crippen LogP contribution in [0.3, 0.4) is 0 Å². The van der Waals surface area contributed by atoms with Gasteiger partial charge in [0, 0.05) is 24.7 Å². The fourth-order valence-corrected chi connectivity index (χ4v) is 4.70. The Morgan fingerprint density at radius 3 is 2.75 bits per heavy atom. The number of hydrogen-bond donors (Lipinski definition) is 1. The molecule has 2 aliphatic heterocycles. The maximum Gasteiger partial charge on any atom is 0.310 e. The van der Waals surface area contributed by atoms with Crippen LogP contribution in [0.2, 0.25) is 0 Å². The highest BCUT2D eigenvalue weighted by Gasteiger charge is 2.38. The van der Waals surface area contributed by atoms with Gasteiger partial charge in [0.2, 0.25) is 0 Å². The summed E-state index contributed by atoms with van der Waals surface area (Å²) in [5.74, 6) is 1.14. The van der Waals surface area contributed by atoms with Gasteiger partial charge in [0.05, 0.1) is 5.41 Å². The molecule has 0 aliphatic carbocycles. The van der Waals surface area contributed by atoms with Crippen LogP contribution in [-0.2, 0) is 11.4 Å². The number of carboxylic acids is 1. The monoisotopic (exact) mass is 501 g/mol. The van der Waals surface area contributed by atoms with E-state index in [0.29, 0.717) is 44.2 Å². The molecule has 2 aromatic carbocycles. The highest BCUT2D eigenvalue weighted by molar-refractivity contribution is 5.74. The van der Waals surface area contributed by atoms with E-state index in [1.807, 2.05) is 44.2 Å². The lowest BCUT2D eigenvalue weighted by Crippen LogP contribution is -2.46. The third kappa shape index (κ3) is 6.16. The van der Waals surface area contributed by atoms with E-state index < -0.39 is 30.8 Å². The van der Waals surface area contributed by atoms with Gasteiger partial charge in [0.15, 0.2) is 6.10 Å². The van der Waals surface area contributed by atoms with Gasteiger partial charge in [-0.3, -0.25) is 9.69 Å². The summed E-state index contributed by atoms with van der Waals surface area (Å²) in [7, 11) is 0. The van der Waals surface area contributed by atoms with Crippen molar-refractivity contribution in [1.82, 2.24) is 4.90 Å². The van der Waals surface area contributed by atoms with Crippen molar-refractivity contribution in [2.24, 2.45) is 5.41 Å². The van der Waals surface area contributed by atoms with Crippen LogP contribution in [0, 0.1) is 12.3 Å². The van der Waals surface area contributed by atoms with E-state index in [1.165, 1.54) is 0 Å². The molecule has 1 fully saturated rings. The van der Waals surface area contributed by atoms with Gasteiger partial charge in [0.25, 0.3) is 0 Å². The molecule has 1 N–H and O–H groups in total. The summed E-state index contributed by atoms with van der Waals surface area (Å²) in [4.78, 5) is 13.8. The smallest absolute Gasteiger partial charge is 0.310 e. The summed E-state index contributed by atoms with van der Waals surface area (Å²) < 4.78 is 42.8. The Morgan fingerprint density at radius 1 is 1.22 bits per heavy atom. The molecule has 36 heavy (non-hydrogen) atoms. The molecule has 8 heteroatoms. The third-order valence-electron chi connectivity index (χ3n) is 6.76. The highest BCUT2D eigenvalue weighted by atomic mass is 19.1. The first kappa shape index (κ1) is 25.9. The number of aliphatic carboxylic acids is 1. The molecule has 0 amide bonds. The number of benzene rings is 2. The minimum atomic E-state index is -1.08. The first-order chi connectivity index (χ1) is 17.3. The second-order valence-electron chi connectivity index (χ2n) is 9.91. The minimum Gasteiger partial charge on any atom is -0.489 e. The summed E-state index contributed by atoms with van der Waals surface area (Å²) in [6.07, 6.45) is 2.61. The summed E-state index contributed by atoms with van der Waals surface area (Å²) in [5.41, 5.74) is 3.08. The summed E-state index contributed by atoms with van der Waals surface area (Å²) in [6.45, 7) is 4.80. The predicted octanol–water partition coefficient (Wildman–Crippen LogP) is 5.22. The molecule has 1 saturated heterocycles. The zero-order valence-corrected chi connectivity index (χ0v) is 20.8. The molecule has 1 atom stereocenters.